The lowest BCUT2D eigenvalue weighted by Gasteiger charge is -2.21. The van der Waals surface area contributed by atoms with Crippen LogP contribution < -0.4 is 5.32 Å². The number of nitrogens with one attached hydrogen (secondary N) is 1. The number of aliphatic imine (C=N–C) groups is 2. The molecule has 3 rings (SSSR count). The molecule has 0 saturated carbocycles. The first-order chi connectivity index (χ1) is 18.2. The third kappa shape index (κ3) is 7.63. The van der Waals surface area contributed by atoms with Crippen LogP contribution in [0.1, 0.15) is 72.4 Å². The lowest BCUT2D eigenvalue weighted by atomic mass is 10.0. The molecule has 0 radical (unpaired) electrons. The fourth-order valence-corrected chi connectivity index (χ4v) is 5.14. The molecule has 0 spiro atoms. The standard InChI is InChI=1S/C33H48N4O/c1-9-22(4)26(8)35-32-17-27(13-12-24(32)6)33(16-25(7)38)36-31(23(5)10-2)15-14-30(11-3)37-20-28-18-34-19-29(28)21-37/h11-17,22-23,28-29,34H,9-10,18-21H2,1-8H3/b15-14-,30-11+,33-16-,35-26-,36-31-/t22?,23?,28-,29?/m0/s1. The maximum atomic E-state index is 12.3. The van der Waals surface area contributed by atoms with Crippen LogP contribution in [0.3, 0.4) is 0 Å². The summed E-state index contributed by atoms with van der Waals surface area (Å²) in [5.41, 5.74) is 7.03. The molecule has 2 heterocycles. The summed E-state index contributed by atoms with van der Waals surface area (Å²) in [7, 11) is 0. The van der Waals surface area contributed by atoms with Crippen LogP contribution in [-0.2, 0) is 4.79 Å². The Hall–Kier alpha value is -2.79. The maximum absolute atomic E-state index is 12.3. The van der Waals surface area contributed by atoms with Crippen molar-refractivity contribution in [3.63, 3.8) is 0 Å². The lowest BCUT2D eigenvalue weighted by molar-refractivity contribution is -0.112. The van der Waals surface area contributed by atoms with Crippen LogP contribution in [0.5, 0.6) is 0 Å². The minimum Gasteiger partial charge on any atom is -0.371 e. The van der Waals surface area contributed by atoms with Crippen LogP contribution in [0.2, 0.25) is 0 Å². The average molecular weight is 517 g/mol. The molecule has 2 aliphatic heterocycles. The zero-order valence-corrected chi connectivity index (χ0v) is 24.8. The number of benzene rings is 1. The summed E-state index contributed by atoms with van der Waals surface area (Å²) >= 11 is 0. The largest absolute Gasteiger partial charge is 0.371 e. The highest BCUT2D eigenvalue weighted by molar-refractivity contribution is 6.03. The highest BCUT2D eigenvalue weighted by Crippen LogP contribution is 2.30. The van der Waals surface area contributed by atoms with Crippen LogP contribution in [0.15, 0.2) is 58.2 Å². The molecule has 3 unspecified atom stereocenters. The molecule has 2 saturated heterocycles. The third-order valence-corrected chi connectivity index (χ3v) is 8.31. The minimum absolute atomic E-state index is 0.0102. The van der Waals surface area contributed by atoms with E-state index in [4.69, 9.17) is 9.98 Å². The zero-order chi connectivity index (χ0) is 27.8. The Labute approximate surface area is 230 Å². The molecule has 1 aromatic carbocycles. The van der Waals surface area contributed by atoms with Crippen molar-refractivity contribution in [1.29, 1.82) is 0 Å². The lowest BCUT2D eigenvalue weighted by Crippen LogP contribution is -2.24. The summed E-state index contributed by atoms with van der Waals surface area (Å²) < 4.78 is 0. The van der Waals surface area contributed by atoms with Crippen molar-refractivity contribution in [3.05, 3.63) is 59.3 Å². The number of carbonyl (C=O) groups is 1. The molecule has 5 heteroatoms. The number of allylic oxidation sites excluding steroid dienone is 4. The van der Waals surface area contributed by atoms with Crippen molar-refractivity contribution < 1.29 is 4.79 Å². The van der Waals surface area contributed by atoms with Crippen LogP contribution >= 0.6 is 0 Å². The highest BCUT2D eigenvalue weighted by atomic mass is 16.1. The second-order valence-electron chi connectivity index (χ2n) is 11.2. The van der Waals surface area contributed by atoms with Gasteiger partial charge in [0, 0.05) is 54.9 Å². The number of fused-ring (bicyclic) bond motifs is 1. The number of hydrogen-bond acceptors (Lipinski definition) is 5. The molecular formula is C33H48N4O. The van der Waals surface area contributed by atoms with E-state index in [1.807, 2.05) is 0 Å². The quantitative estimate of drug-likeness (QED) is 0.193. The monoisotopic (exact) mass is 516 g/mol. The topological polar surface area (TPSA) is 57.1 Å². The molecule has 5 nitrogen and oxygen atoms in total. The minimum atomic E-state index is -0.0102. The smallest absolute Gasteiger partial charge is 0.154 e. The number of ketones is 1. The van der Waals surface area contributed by atoms with E-state index in [0.717, 1.165) is 79.1 Å². The fraction of sp³-hybridized carbons (Fsp3) is 0.545. The summed E-state index contributed by atoms with van der Waals surface area (Å²) in [5, 5.41) is 3.53. The number of likely N-dealkylation sites (tertiary alicyclic amines) is 1. The fourth-order valence-electron chi connectivity index (χ4n) is 5.14. The van der Waals surface area contributed by atoms with Crippen LogP contribution in [0, 0.1) is 30.6 Å². The number of aryl methyl sites for hydroxylation is 1. The van der Waals surface area contributed by atoms with Gasteiger partial charge in [-0.2, -0.15) is 0 Å². The Morgan fingerprint density at radius 2 is 1.74 bits per heavy atom. The molecule has 2 aliphatic rings. The SMILES string of the molecule is C\C=C(/C=C\C(=N\C(=C/C(C)=O)c1ccc(C)c(/N=C(/C)C(C)CC)c1)C(C)CC)N1CC2CNC[C@H]2C1. The summed E-state index contributed by atoms with van der Waals surface area (Å²) in [4.78, 5) is 24.8. The van der Waals surface area contributed by atoms with E-state index in [0.29, 0.717) is 11.6 Å². The van der Waals surface area contributed by atoms with Crippen LogP contribution in [0.4, 0.5) is 5.69 Å². The predicted octanol–water partition coefficient (Wildman–Crippen LogP) is 7.16. The second-order valence-corrected chi connectivity index (χ2v) is 11.2. The number of nitrogens with zero attached hydrogens (tertiary/aromatic N) is 3. The second kappa shape index (κ2) is 13.8. The molecule has 1 N–H and O–H groups in total. The van der Waals surface area contributed by atoms with Gasteiger partial charge in [0.05, 0.1) is 11.4 Å². The first-order valence-corrected chi connectivity index (χ1v) is 14.4. The molecule has 4 atom stereocenters. The Morgan fingerprint density at radius 3 is 2.32 bits per heavy atom. The van der Waals surface area contributed by atoms with Crippen molar-refractivity contribution in [3.8, 4) is 0 Å². The van der Waals surface area contributed by atoms with E-state index in [9.17, 15) is 4.79 Å². The molecule has 38 heavy (non-hydrogen) atoms. The van der Waals surface area contributed by atoms with Gasteiger partial charge in [0.2, 0.25) is 0 Å². The average Bonchev–Trinajstić information content (AvgIpc) is 3.50. The van der Waals surface area contributed by atoms with Crippen molar-refractivity contribution in [2.45, 2.75) is 68.2 Å². The summed E-state index contributed by atoms with van der Waals surface area (Å²) in [6.45, 7) is 21.1. The molecule has 1 aromatic rings. The zero-order valence-electron chi connectivity index (χ0n) is 24.8. The number of hydrogen-bond donors (Lipinski definition) is 1. The Morgan fingerprint density at radius 1 is 1.08 bits per heavy atom. The van der Waals surface area contributed by atoms with E-state index in [2.05, 4.69) is 95.1 Å². The van der Waals surface area contributed by atoms with Gasteiger partial charge in [-0.1, -0.05) is 45.9 Å². The third-order valence-electron chi connectivity index (χ3n) is 8.31. The summed E-state index contributed by atoms with van der Waals surface area (Å²) in [5.74, 6) is 2.17. The van der Waals surface area contributed by atoms with Gasteiger partial charge >= 0.3 is 0 Å². The Balaban J connectivity index is 1.96. The van der Waals surface area contributed by atoms with Gasteiger partial charge in [-0.15, -0.1) is 0 Å². The predicted molar refractivity (Wildman–Crippen MR) is 163 cm³/mol. The molecule has 0 amide bonds. The molecule has 2 fully saturated rings. The summed E-state index contributed by atoms with van der Waals surface area (Å²) in [6.07, 6.45) is 10.3. The highest BCUT2D eigenvalue weighted by Gasteiger charge is 2.36. The Kier molecular flexibility index (Phi) is 10.8. The van der Waals surface area contributed by atoms with E-state index in [1.165, 1.54) is 5.70 Å². The Bertz CT molecular complexity index is 1130. The van der Waals surface area contributed by atoms with Crippen molar-refractivity contribution in [2.24, 2.45) is 33.7 Å². The molecule has 206 valence electrons. The van der Waals surface area contributed by atoms with Crippen molar-refractivity contribution in [2.75, 3.05) is 26.2 Å². The number of carbonyl (C=O) groups excluding carboxylic acids is 1. The molecular weight excluding hydrogens is 468 g/mol. The van der Waals surface area contributed by atoms with Crippen LogP contribution in [0.25, 0.3) is 5.70 Å². The first-order valence-electron chi connectivity index (χ1n) is 14.4. The van der Waals surface area contributed by atoms with Crippen molar-refractivity contribution in [1.82, 2.24) is 10.2 Å². The van der Waals surface area contributed by atoms with Gasteiger partial charge in [0.15, 0.2) is 5.78 Å². The van der Waals surface area contributed by atoms with Gasteiger partial charge in [-0.25, -0.2) is 0 Å². The first kappa shape index (κ1) is 29.8. The van der Waals surface area contributed by atoms with Gasteiger partial charge < -0.3 is 10.2 Å². The van der Waals surface area contributed by atoms with Gasteiger partial charge in [-0.05, 0) is 88.0 Å². The van der Waals surface area contributed by atoms with Gasteiger partial charge in [0.25, 0.3) is 0 Å². The van der Waals surface area contributed by atoms with E-state index >= 15 is 0 Å². The van der Waals surface area contributed by atoms with E-state index in [-0.39, 0.29) is 11.7 Å². The van der Waals surface area contributed by atoms with Crippen molar-refractivity contribution >= 4 is 28.6 Å². The number of rotatable bonds is 11. The van der Waals surface area contributed by atoms with Gasteiger partial charge in [0.1, 0.15) is 0 Å². The van der Waals surface area contributed by atoms with E-state index in [1.54, 1.807) is 13.0 Å². The maximum Gasteiger partial charge on any atom is 0.154 e. The van der Waals surface area contributed by atoms with Gasteiger partial charge in [-0.3, -0.25) is 14.8 Å². The molecule has 0 aromatic heterocycles. The normalized spacial score (nSPS) is 22.8. The molecule has 0 bridgehead atoms. The summed E-state index contributed by atoms with van der Waals surface area (Å²) in [6, 6.07) is 6.21. The molecule has 0 aliphatic carbocycles. The van der Waals surface area contributed by atoms with E-state index < -0.39 is 0 Å². The van der Waals surface area contributed by atoms with Crippen LogP contribution in [-0.4, -0.2) is 48.3 Å².